The standard InChI is InChI=1S/C16H19N7O.HI/c1-17-16(22(2)10-14-6-7-24-21-14)19-9-13-4-3-5-15(8-13)23-12-18-11-20-23;/h3-8,11-12H,9-10H2,1-2H3,(H,17,19);1H. The average Bonchev–Trinajstić information content (AvgIpc) is 3.29. The van der Waals surface area contributed by atoms with Crippen molar-refractivity contribution < 1.29 is 4.52 Å². The van der Waals surface area contributed by atoms with E-state index in [-0.39, 0.29) is 24.0 Å². The Morgan fingerprint density at radius 1 is 1.36 bits per heavy atom. The highest BCUT2D eigenvalue weighted by molar-refractivity contribution is 14.0. The lowest BCUT2D eigenvalue weighted by Gasteiger charge is -2.21. The molecule has 0 saturated carbocycles. The second-order valence-corrected chi connectivity index (χ2v) is 5.26. The van der Waals surface area contributed by atoms with Gasteiger partial charge in [0.2, 0.25) is 0 Å². The van der Waals surface area contributed by atoms with Crippen molar-refractivity contribution in [3.63, 3.8) is 0 Å². The van der Waals surface area contributed by atoms with Gasteiger partial charge in [-0.2, -0.15) is 5.10 Å². The van der Waals surface area contributed by atoms with E-state index in [2.05, 4.69) is 37.7 Å². The zero-order valence-corrected chi connectivity index (χ0v) is 16.4. The van der Waals surface area contributed by atoms with Crippen molar-refractivity contribution in [3.8, 4) is 5.69 Å². The van der Waals surface area contributed by atoms with Crippen molar-refractivity contribution in [3.05, 3.63) is 60.5 Å². The Hall–Kier alpha value is -2.43. The van der Waals surface area contributed by atoms with E-state index < -0.39 is 0 Å². The van der Waals surface area contributed by atoms with E-state index >= 15 is 0 Å². The topological polar surface area (TPSA) is 84.4 Å². The second kappa shape index (κ2) is 9.16. The Kier molecular flexibility index (Phi) is 6.92. The van der Waals surface area contributed by atoms with Crippen LogP contribution in [-0.4, -0.2) is 44.9 Å². The van der Waals surface area contributed by atoms with Crippen LogP contribution in [0, 0.1) is 0 Å². The molecule has 8 nitrogen and oxygen atoms in total. The van der Waals surface area contributed by atoms with Crippen LogP contribution in [0.4, 0.5) is 0 Å². The van der Waals surface area contributed by atoms with Crippen LogP contribution < -0.4 is 5.32 Å². The fraction of sp³-hybridized carbons (Fsp3) is 0.250. The van der Waals surface area contributed by atoms with Crippen molar-refractivity contribution in [2.45, 2.75) is 13.1 Å². The van der Waals surface area contributed by atoms with Crippen LogP contribution in [0.3, 0.4) is 0 Å². The van der Waals surface area contributed by atoms with E-state index in [1.54, 1.807) is 24.3 Å². The molecule has 3 rings (SSSR count). The maximum Gasteiger partial charge on any atom is 0.194 e. The van der Waals surface area contributed by atoms with Gasteiger partial charge < -0.3 is 14.7 Å². The Morgan fingerprint density at radius 3 is 2.92 bits per heavy atom. The molecule has 2 aromatic heterocycles. The molecule has 1 N–H and O–H groups in total. The third-order valence-electron chi connectivity index (χ3n) is 3.51. The summed E-state index contributed by atoms with van der Waals surface area (Å²) in [5.74, 6) is 0.782. The van der Waals surface area contributed by atoms with Gasteiger partial charge in [0.25, 0.3) is 0 Å². The fourth-order valence-corrected chi connectivity index (χ4v) is 2.35. The Labute approximate surface area is 163 Å². The monoisotopic (exact) mass is 453 g/mol. The SMILES string of the molecule is CN=C(NCc1cccc(-n2cncn2)c1)N(C)Cc1ccon1.I. The summed E-state index contributed by atoms with van der Waals surface area (Å²) >= 11 is 0. The van der Waals surface area contributed by atoms with Gasteiger partial charge in [0.15, 0.2) is 5.96 Å². The number of benzene rings is 1. The van der Waals surface area contributed by atoms with Gasteiger partial charge in [0.1, 0.15) is 24.6 Å². The first-order valence-electron chi connectivity index (χ1n) is 7.51. The van der Waals surface area contributed by atoms with Gasteiger partial charge in [0.05, 0.1) is 12.2 Å². The zero-order valence-electron chi connectivity index (χ0n) is 14.0. The molecule has 0 aliphatic heterocycles. The van der Waals surface area contributed by atoms with Crippen LogP contribution in [0.1, 0.15) is 11.3 Å². The van der Waals surface area contributed by atoms with Gasteiger partial charge in [-0.3, -0.25) is 4.99 Å². The summed E-state index contributed by atoms with van der Waals surface area (Å²) < 4.78 is 6.59. The van der Waals surface area contributed by atoms with Gasteiger partial charge in [-0.15, -0.1) is 24.0 Å². The highest BCUT2D eigenvalue weighted by Gasteiger charge is 2.08. The van der Waals surface area contributed by atoms with E-state index in [0.29, 0.717) is 13.1 Å². The molecule has 9 heteroatoms. The Bertz CT molecular complexity index is 787. The summed E-state index contributed by atoms with van der Waals surface area (Å²) in [6, 6.07) is 9.94. The normalized spacial score (nSPS) is 11.0. The maximum absolute atomic E-state index is 4.86. The Balaban J connectivity index is 0.00000225. The van der Waals surface area contributed by atoms with Gasteiger partial charge in [-0.1, -0.05) is 17.3 Å². The number of aromatic nitrogens is 4. The number of nitrogens with zero attached hydrogens (tertiary/aromatic N) is 6. The highest BCUT2D eigenvalue weighted by atomic mass is 127. The molecular weight excluding hydrogens is 433 g/mol. The van der Waals surface area contributed by atoms with Crippen LogP contribution in [-0.2, 0) is 13.1 Å². The average molecular weight is 453 g/mol. The molecule has 0 fully saturated rings. The maximum atomic E-state index is 4.86. The fourth-order valence-electron chi connectivity index (χ4n) is 2.35. The molecule has 0 radical (unpaired) electrons. The van der Waals surface area contributed by atoms with Gasteiger partial charge in [-0.05, 0) is 17.7 Å². The summed E-state index contributed by atoms with van der Waals surface area (Å²) in [5.41, 5.74) is 2.95. The number of halogens is 1. The molecule has 0 bridgehead atoms. The lowest BCUT2D eigenvalue weighted by molar-refractivity contribution is 0.391. The van der Waals surface area contributed by atoms with Crippen LogP contribution in [0.25, 0.3) is 5.69 Å². The third kappa shape index (κ3) is 5.02. The summed E-state index contributed by atoms with van der Waals surface area (Å²) in [7, 11) is 3.71. The van der Waals surface area contributed by atoms with Crippen LogP contribution >= 0.6 is 24.0 Å². The highest BCUT2D eigenvalue weighted by Crippen LogP contribution is 2.09. The number of rotatable bonds is 5. The molecule has 2 heterocycles. The number of hydrogen-bond donors (Lipinski definition) is 1. The lowest BCUT2D eigenvalue weighted by atomic mass is 10.2. The Morgan fingerprint density at radius 2 is 2.24 bits per heavy atom. The largest absolute Gasteiger partial charge is 0.364 e. The van der Waals surface area contributed by atoms with E-state index in [1.165, 1.54) is 6.33 Å². The molecule has 1 aromatic carbocycles. The van der Waals surface area contributed by atoms with E-state index in [4.69, 9.17) is 4.52 Å². The molecule has 0 atom stereocenters. The minimum Gasteiger partial charge on any atom is -0.364 e. The number of hydrogen-bond acceptors (Lipinski definition) is 5. The third-order valence-corrected chi connectivity index (χ3v) is 3.51. The van der Waals surface area contributed by atoms with Gasteiger partial charge in [-0.25, -0.2) is 9.67 Å². The number of nitrogens with one attached hydrogen (secondary N) is 1. The van der Waals surface area contributed by atoms with Crippen LogP contribution in [0.15, 0.2) is 58.8 Å². The van der Waals surface area contributed by atoms with Gasteiger partial charge >= 0.3 is 0 Å². The molecule has 0 aliphatic rings. The second-order valence-electron chi connectivity index (χ2n) is 5.26. The predicted molar refractivity (Wildman–Crippen MR) is 105 cm³/mol. The molecule has 132 valence electrons. The quantitative estimate of drug-likeness (QED) is 0.362. The first-order chi connectivity index (χ1) is 11.8. The molecule has 0 saturated heterocycles. The minimum absolute atomic E-state index is 0. The molecule has 0 spiro atoms. The minimum atomic E-state index is 0. The van der Waals surface area contributed by atoms with Crippen molar-refractivity contribution in [1.82, 2.24) is 30.1 Å². The molecule has 0 aliphatic carbocycles. The molecule has 0 amide bonds. The summed E-state index contributed by atoms with van der Waals surface area (Å²) in [4.78, 5) is 10.3. The summed E-state index contributed by atoms with van der Waals surface area (Å²) in [6.45, 7) is 1.27. The lowest BCUT2D eigenvalue weighted by Crippen LogP contribution is -2.38. The van der Waals surface area contributed by atoms with Crippen molar-refractivity contribution in [1.29, 1.82) is 0 Å². The van der Waals surface area contributed by atoms with Crippen molar-refractivity contribution in [2.75, 3.05) is 14.1 Å². The van der Waals surface area contributed by atoms with Crippen LogP contribution in [0.2, 0.25) is 0 Å². The summed E-state index contributed by atoms with van der Waals surface area (Å²) in [5, 5.41) is 11.4. The van der Waals surface area contributed by atoms with Crippen molar-refractivity contribution >= 4 is 29.9 Å². The summed E-state index contributed by atoms with van der Waals surface area (Å²) in [6.07, 6.45) is 4.76. The first-order valence-corrected chi connectivity index (χ1v) is 7.51. The zero-order chi connectivity index (χ0) is 16.8. The smallest absolute Gasteiger partial charge is 0.194 e. The molecule has 0 unspecified atom stereocenters. The van der Waals surface area contributed by atoms with E-state index in [9.17, 15) is 0 Å². The molecule has 3 aromatic rings. The number of guanidine groups is 1. The molecule has 25 heavy (non-hydrogen) atoms. The van der Waals surface area contributed by atoms with Gasteiger partial charge in [0, 0.05) is 26.7 Å². The number of aliphatic imine (C=N–C) groups is 1. The first kappa shape index (κ1) is 18.9. The van der Waals surface area contributed by atoms with Crippen molar-refractivity contribution in [2.24, 2.45) is 4.99 Å². The molecular formula is C16H20IN7O. The predicted octanol–water partition coefficient (Wildman–Crippen LogP) is 2.08. The van der Waals surface area contributed by atoms with E-state index in [1.807, 2.05) is 30.1 Å². The van der Waals surface area contributed by atoms with Crippen LogP contribution in [0.5, 0.6) is 0 Å². The van der Waals surface area contributed by atoms with E-state index in [0.717, 1.165) is 22.9 Å².